The standard InChI is InChI=1S/C8H17N7O/c1-6(2)15(4-7(9)12-16)5-8-10-13-14(3)11-8/h6,16H,4-5H2,1-3H3,(H2,9,12). The average Bonchev–Trinajstić information content (AvgIpc) is 2.62. The van der Waals surface area contributed by atoms with E-state index in [9.17, 15) is 0 Å². The van der Waals surface area contributed by atoms with Gasteiger partial charge in [0, 0.05) is 6.04 Å². The molecule has 8 nitrogen and oxygen atoms in total. The van der Waals surface area contributed by atoms with Gasteiger partial charge in [0.05, 0.1) is 20.1 Å². The van der Waals surface area contributed by atoms with Crippen LogP contribution in [-0.4, -0.2) is 48.7 Å². The van der Waals surface area contributed by atoms with E-state index in [-0.39, 0.29) is 11.9 Å². The number of hydrogen-bond donors (Lipinski definition) is 2. The van der Waals surface area contributed by atoms with Crippen LogP contribution < -0.4 is 5.73 Å². The summed E-state index contributed by atoms with van der Waals surface area (Å²) in [5.41, 5.74) is 5.47. The maximum Gasteiger partial charge on any atom is 0.188 e. The highest BCUT2D eigenvalue weighted by Crippen LogP contribution is 2.02. The molecule has 0 aromatic carbocycles. The number of oxime groups is 1. The van der Waals surface area contributed by atoms with Crippen LogP contribution in [0.2, 0.25) is 0 Å². The van der Waals surface area contributed by atoms with E-state index in [0.29, 0.717) is 18.9 Å². The third-order valence-electron chi connectivity index (χ3n) is 2.12. The molecular formula is C8H17N7O. The molecular weight excluding hydrogens is 210 g/mol. The van der Waals surface area contributed by atoms with E-state index in [1.165, 1.54) is 4.80 Å². The van der Waals surface area contributed by atoms with Crippen LogP contribution in [0.4, 0.5) is 0 Å². The predicted octanol–water partition coefficient (Wildman–Crippen LogP) is -0.833. The predicted molar refractivity (Wildman–Crippen MR) is 57.8 cm³/mol. The lowest BCUT2D eigenvalue weighted by Gasteiger charge is -2.23. The molecule has 0 bridgehead atoms. The Labute approximate surface area is 93.7 Å². The molecule has 0 aliphatic rings. The van der Waals surface area contributed by atoms with Gasteiger partial charge in [-0.05, 0) is 19.1 Å². The molecule has 0 spiro atoms. The van der Waals surface area contributed by atoms with Gasteiger partial charge in [-0.25, -0.2) is 0 Å². The summed E-state index contributed by atoms with van der Waals surface area (Å²) in [6, 6.07) is 0.240. The van der Waals surface area contributed by atoms with Gasteiger partial charge in [-0.1, -0.05) is 5.16 Å². The lowest BCUT2D eigenvalue weighted by Crippen LogP contribution is -2.38. The Morgan fingerprint density at radius 3 is 2.75 bits per heavy atom. The van der Waals surface area contributed by atoms with E-state index in [2.05, 4.69) is 20.6 Å². The Morgan fingerprint density at radius 1 is 1.62 bits per heavy atom. The number of tetrazole rings is 1. The molecule has 1 heterocycles. The maximum absolute atomic E-state index is 8.52. The first-order valence-electron chi connectivity index (χ1n) is 4.96. The van der Waals surface area contributed by atoms with Crippen molar-refractivity contribution < 1.29 is 5.21 Å². The van der Waals surface area contributed by atoms with Crippen LogP contribution in [0.3, 0.4) is 0 Å². The van der Waals surface area contributed by atoms with Crippen LogP contribution in [0.1, 0.15) is 19.7 Å². The fourth-order valence-corrected chi connectivity index (χ4v) is 1.23. The molecule has 3 N–H and O–H groups in total. The van der Waals surface area contributed by atoms with Gasteiger partial charge in [-0.2, -0.15) is 4.80 Å². The highest BCUT2D eigenvalue weighted by Gasteiger charge is 2.14. The minimum atomic E-state index is 0.164. The molecule has 0 atom stereocenters. The normalized spacial score (nSPS) is 12.7. The van der Waals surface area contributed by atoms with E-state index >= 15 is 0 Å². The average molecular weight is 227 g/mol. The van der Waals surface area contributed by atoms with Crippen LogP contribution in [0.25, 0.3) is 0 Å². The molecule has 90 valence electrons. The SMILES string of the molecule is CC(C)N(CC(N)=NO)Cc1nnn(C)n1. The van der Waals surface area contributed by atoms with Gasteiger partial charge in [-0.3, -0.25) is 4.90 Å². The summed E-state index contributed by atoms with van der Waals surface area (Å²) in [6.07, 6.45) is 0. The molecule has 0 unspecified atom stereocenters. The molecule has 0 saturated carbocycles. The fourth-order valence-electron chi connectivity index (χ4n) is 1.23. The first-order valence-corrected chi connectivity index (χ1v) is 4.96. The van der Waals surface area contributed by atoms with Crippen molar-refractivity contribution in [3.63, 3.8) is 0 Å². The highest BCUT2D eigenvalue weighted by atomic mass is 16.4. The largest absolute Gasteiger partial charge is 0.409 e. The molecule has 0 saturated heterocycles. The number of aryl methyl sites for hydroxylation is 1. The Bertz CT molecular complexity index is 359. The molecule has 8 heteroatoms. The van der Waals surface area contributed by atoms with Gasteiger partial charge < -0.3 is 10.9 Å². The first kappa shape index (κ1) is 12.4. The Hall–Kier alpha value is -1.70. The molecule has 0 fully saturated rings. The second kappa shape index (κ2) is 5.40. The van der Waals surface area contributed by atoms with E-state index < -0.39 is 0 Å². The fraction of sp³-hybridized carbons (Fsp3) is 0.750. The number of aromatic nitrogens is 4. The molecule has 1 aromatic rings. The number of hydrogen-bond acceptors (Lipinski definition) is 6. The number of rotatable bonds is 5. The van der Waals surface area contributed by atoms with Crippen molar-refractivity contribution in [3.8, 4) is 0 Å². The van der Waals surface area contributed by atoms with Crippen molar-refractivity contribution in [1.29, 1.82) is 0 Å². The van der Waals surface area contributed by atoms with Crippen LogP contribution in [0.15, 0.2) is 5.16 Å². The van der Waals surface area contributed by atoms with Crippen molar-refractivity contribution in [2.75, 3.05) is 6.54 Å². The van der Waals surface area contributed by atoms with Crippen LogP contribution >= 0.6 is 0 Å². The second-order valence-corrected chi connectivity index (χ2v) is 3.79. The first-order chi connectivity index (χ1) is 7.52. The molecule has 0 aliphatic carbocycles. The zero-order valence-corrected chi connectivity index (χ0v) is 9.70. The third-order valence-corrected chi connectivity index (χ3v) is 2.12. The second-order valence-electron chi connectivity index (χ2n) is 3.79. The summed E-state index contributed by atoms with van der Waals surface area (Å²) in [7, 11) is 1.71. The summed E-state index contributed by atoms with van der Waals surface area (Å²) in [5.74, 6) is 0.777. The van der Waals surface area contributed by atoms with Gasteiger partial charge >= 0.3 is 0 Å². The molecule has 1 rings (SSSR count). The lowest BCUT2D eigenvalue weighted by atomic mass is 10.3. The van der Waals surface area contributed by atoms with Crippen LogP contribution in [-0.2, 0) is 13.6 Å². The number of nitrogens with two attached hydrogens (primary N) is 1. The van der Waals surface area contributed by atoms with E-state index in [1.54, 1.807) is 7.05 Å². The Balaban J connectivity index is 2.65. The molecule has 16 heavy (non-hydrogen) atoms. The van der Waals surface area contributed by atoms with E-state index in [0.717, 1.165) is 0 Å². The highest BCUT2D eigenvalue weighted by molar-refractivity contribution is 5.81. The summed E-state index contributed by atoms with van der Waals surface area (Å²) in [6.45, 7) is 4.91. The Kier molecular flexibility index (Phi) is 4.18. The Morgan fingerprint density at radius 2 is 2.31 bits per heavy atom. The quantitative estimate of drug-likeness (QED) is 0.294. The van der Waals surface area contributed by atoms with Crippen molar-refractivity contribution in [2.45, 2.75) is 26.4 Å². The summed E-state index contributed by atoms with van der Waals surface area (Å²) in [5, 5.41) is 23.2. The van der Waals surface area contributed by atoms with Crippen molar-refractivity contribution in [1.82, 2.24) is 25.1 Å². The minimum Gasteiger partial charge on any atom is -0.409 e. The molecule has 1 aromatic heterocycles. The third kappa shape index (κ3) is 3.46. The topological polar surface area (TPSA) is 105 Å². The van der Waals surface area contributed by atoms with Gasteiger partial charge in [0.1, 0.15) is 0 Å². The van der Waals surface area contributed by atoms with Gasteiger partial charge in [0.2, 0.25) is 0 Å². The van der Waals surface area contributed by atoms with Gasteiger partial charge in [-0.15, -0.1) is 10.2 Å². The lowest BCUT2D eigenvalue weighted by molar-refractivity contribution is 0.233. The maximum atomic E-state index is 8.52. The van der Waals surface area contributed by atoms with Crippen molar-refractivity contribution >= 4 is 5.84 Å². The minimum absolute atomic E-state index is 0.164. The van der Waals surface area contributed by atoms with E-state index in [4.69, 9.17) is 10.9 Å². The smallest absolute Gasteiger partial charge is 0.188 e. The summed E-state index contributed by atoms with van der Waals surface area (Å²) < 4.78 is 0. The molecule has 0 aliphatic heterocycles. The number of nitrogens with zero attached hydrogens (tertiary/aromatic N) is 6. The molecule has 0 radical (unpaired) electrons. The zero-order chi connectivity index (χ0) is 12.1. The van der Waals surface area contributed by atoms with E-state index in [1.807, 2.05) is 18.7 Å². The molecule has 0 amide bonds. The summed E-state index contributed by atoms with van der Waals surface area (Å²) in [4.78, 5) is 3.38. The van der Waals surface area contributed by atoms with Crippen LogP contribution in [0.5, 0.6) is 0 Å². The van der Waals surface area contributed by atoms with Gasteiger partial charge in [0.15, 0.2) is 11.7 Å². The van der Waals surface area contributed by atoms with Gasteiger partial charge in [0.25, 0.3) is 0 Å². The monoisotopic (exact) mass is 227 g/mol. The summed E-state index contributed by atoms with van der Waals surface area (Å²) >= 11 is 0. The zero-order valence-electron chi connectivity index (χ0n) is 9.70. The number of amidine groups is 1. The van der Waals surface area contributed by atoms with Crippen molar-refractivity contribution in [2.24, 2.45) is 17.9 Å². The van der Waals surface area contributed by atoms with Crippen LogP contribution in [0, 0.1) is 0 Å². The van der Waals surface area contributed by atoms with Crippen molar-refractivity contribution in [3.05, 3.63) is 5.82 Å².